The van der Waals surface area contributed by atoms with Gasteiger partial charge in [0.1, 0.15) is 0 Å². The molecule has 0 aliphatic carbocycles. The van der Waals surface area contributed by atoms with Gasteiger partial charge in [0, 0.05) is 0 Å². The normalized spacial score (nSPS) is 12.6. The van der Waals surface area contributed by atoms with Crippen molar-refractivity contribution in [2.24, 2.45) is 5.92 Å². The summed E-state index contributed by atoms with van der Waals surface area (Å²) in [7, 11) is 0. The van der Waals surface area contributed by atoms with Crippen LogP contribution in [-0.2, 0) is 6.54 Å². The molecule has 0 fully saturated rings. The van der Waals surface area contributed by atoms with Gasteiger partial charge in [-0.25, -0.2) is 0 Å². The minimum absolute atomic E-state index is 0.541. The molecular formula is C18H23NSe. The molecule has 2 heteroatoms. The molecule has 0 aromatic heterocycles. The summed E-state index contributed by atoms with van der Waals surface area (Å²) in [5.74, 6) is 0.721. The zero-order chi connectivity index (χ0) is 14.2. The van der Waals surface area contributed by atoms with Crippen LogP contribution in [0, 0.1) is 5.92 Å². The maximum absolute atomic E-state index is 3.62. The fourth-order valence-corrected chi connectivity index (χ4v) is 4.43. The molecule has 0 saturated heterocycles. The quantitative estimate of drug-likeness (QED) is 0.768. The summed E-state index contributed by atoms with van der Waals surface area (Å²) in [6.07, 6.45) is 0. The van der Waals surface area contributed by atoms with Crippen LogP contribution in [-0.4, -0.2) is 21.5 Å². The number of nitrogens with one attached hydrogen (secondary N) is 1. The number of hydrogen-bond donors (Lipinski definition) is 1. The van der Waals surface area contributed by atoms with Crippen LogP contribution in [0.5, 0.6) is 0 Å². The first-order valence-corrected chi connectivity index (χ1v) is 9.06. The van der Waals surface area contributed by atoms with Crippen molar-refractivity contribution in [3.8, 4) is 0 Å². The van der Waals surface area contributed by atoms with Crippen LogP contribution in [0.4, 0.5) is 0 Å². The SMILES string of the molecule is CC(C)[C@@H](CNCc1ccccc1)[Se]c1ccccc1. The topological polar surface area (TPSA) is 12.0 Å². The average Bonchev–Trinajstić information content (AvgIpc) is 2.48. The molecular weight excluding hydrogens is 309 g/mol. The molecule has 20 heavy (non-hydrogen) atoms. The number of hydrogen-bond acceptors (Lipinski definition) is 1. The fraction of sp³-hybridized carbons (Fsp3) is 0.333. The van der Waals surface area contributed by atoms with E-state index in [0.29, 0.717) is 15.0 Å². The van der Waals surface area contributed by atoms with Crippen molar-refractivity contribution >= 4 is 19.4 Å². The Morgan fingerprint density at radius 1 is 0.900 bits per heavy atom. The molecule has 0 heterocycles. The second kappa shape index (κ2) is 8.26. The van der Waals surface area contributed by atoms with Crippen molar-refractivity contribution in [1.29, 1.82) is 0 Å². The minimum atomic E-state index is 0.541. The molecule has 1 nitrogen and oxygen atoms in total. The van der Waals surface area contributed by atoms with Crippen LogP contribution >= 0.6 is 0 Å². The second-order valence-corrected chi connectivity index (χ2v) is 8.08. The molecule has 2 rings (SSSR count). The van der Waals surface area contributed by atoms with E-state index in [-0.39, 0.29) is 0 Å². The van der Waals surface area contributed by atoms with Gasteiger partial charge in [-0.05, 0) is 0 Å². The molecule has 1 atom stereocenters. The van der Waals surface area contributed by atoms with E-state index in [2.05, 4.69) is 79.8 Å². The standard InChI is InChI=1S/C18H23NSe/c1-15(2)18(20-17-11-7-4-8-12-17)14-19-13-16-9-5-3-6-10-16/h3-12,15,18-19H,13-14H2,1-2H3/t18-/m1/s1. The molecule has 0 amide bonds. The summed E-state index contributed by atoms with van der Waals surface area (Å²) in [6.45, 7) is 6.73. The van der Waals surface area contributed by atoms with Gasteiger partial charge >= 0.3 is 129 Å². The molecule has 0 unspecified atom stereocenters. The molecule has 0 spiro atoms. The average molecular weight is 332 g/mol. The van der Waals surface area contributed by atoms with E-state index in [1.54, 1.807) is 0 Å². The predicted molar refractivity (Wildman–Crippen MR) is 88.6 cm³/mol. The van der Waals surface area contributed by atoms with E-state index in [0.717, 1.165) is 23.8 Å². The third-order valence-corrected chi connectivity index (χ3v) is 6.56. The summed E-state index contributed by atoms with van der Waals surface area (Å²) >= 11 is 0.541. The van der Waals surface area contributed by atoms with Gasteiger partial charge < -0.3 is 0 Å². The number of rotatable bonds is 7. The van der Waals surface area contributed by atoms with E-state index >= 15 is 0 Å². The third kappa shape index (κ3) is 5.13. The van der Waals surface area contributed by atoms with Crippen LogP contribution in [0.25, 0.3) is 0 Å². The summed E-state index contributed by atoms with van der Waals surface area (Å²) in [4.78, 5) is 0.744. The Labute approximate surface area is 129 Å². The van der Waals surface area contributed by atoms with E-state index < -0.39 is 0 Å². The maximum atomic E-state index is 3.62. The molecule has 2 aromatic rings. The van der Waals surface area contributed by atoms with Crippen LogP contribution in [0.2, 0.25) is 4.82 Å². The van der Waals surface area contributed by atoms with Crippen LogP contribution in [0.15, 0.2) is 60.7 Å². The summed E-state index contributed by atoms with van der Waals surface area (Å²) in [5.41, 5.74) is 1.36. The van der Waals surface area contributed by atoms with Gasteiger partial charge in [-0.3, -0.25) is 0 Å². The summed E-state index contributed by atoms with van der Waals surface area (Å²) in [5, 5.41) is 3.62. The molecule has 0 radical (unpaired) electrons. The predicted octanol–water partition coefficient (Wildman–Crippen LogP) is 3.25. The third-order valence-electron chi connectivity index (χ3n) is 3.29. The first kappa shape index (κ1) is 15.3. The Morgan fingerprint density at radius 2 is 1.50 bits per heavy atom. The van der Waals surface area contributed by atoms with E-state index in [9.17, 15) is 0 Å². The van der Waals surface area contributed by atoms with E-state index in [4.69, 9.17) is 0 Å². The molecule has 0 saturated carbocycles. The summed E-state index contributed by atoms with van der Waals surface area (Å²) < 4.78 is 1.50. The van der Waals surface area contributed by atoms with Crippen LogP contribution in [0.3, 0.4) is 0 Å². The van der Waals surface area contributed by atoms with Crippen molar-refractivity contribution in [3.05, 3.63) is 66.2 Å². The van der Waals surface area contributed by atoms with Crippen LogP contribution in [0.1, 0.15) is 19.4 Å². The Balaban J connectivity index is 1.84. The van der Waals surface area contributed by atoms with Crippen molar-refractivity contribution < 1.29 is 0 Å². The Hall–Kier alpha value is -1.08. The van der Waals surface area contributed by atoms with Gasteiger partial charge in [0.2, 0.25) is 0 Å². The monoisotopic (exact) mass is 333 g/mol. The van der Waals surface area contributed by atoms with E-state index in [1.165, 1.54) is 10.0 Å². The van der Waals surface area contributed by atoms with Crippen molar-refractivity contribution in [1.82, 2.24) is 5.32 Å². The molecule has 0 aliphatic rings. The van der Waals surface area contributed by atoms with Gasteiger partial charge in [-0.1, -0.05) is 0 Å². The second-order valence-electron chi connectivity index (χ2n) is 5.33. The van der Waals surface area contributed by atoms with Crippen LogP contribution < -0.4 is 9.78 Å². The fourth-order valence-electron chi connectivity index (χ4n) is 2.04. The van der Waals surface area contributed by atoms with Gasteiger partial charge in [-0.2, -0.15) is 0 Å². The zero-order valence-corrected chi connectivity index (χ0v) is 14.0. The summed E-state index contributed by atoms with van der Waals surface area (Å²) in [6, 6.07) is 21.5. The molecule has 0 aliphatic heterocycles. The van der Waals surface area contributed by atoms with Crippen molar-refractivity contribution in [2.45, 2.75) is 25.2 Å². The Kier molecular flexibility index (Phi) is 6.32. The molecule has 106 valence electrons. The molecule has 2 aromatic carbocycles. The zero-order valence-electron chi connectivity index (χ0n) is 12.3. The van der Waals surface area contributed by atoms with Crippen molar-refractivity contribution in [3.63, 3.8) is 0 Å². The molecule has 0 bridgehead atoms. The van der Waals surface area contributed by atoms with Gasteiger partial charge in [-0.15, -0.1) is 0 Å². The molecule has 1 N–H and O–H groups in total. The van der Waals surface area contributed by atoms with Gasteiger partial charge in [0.15, 0.2) is 0 Å². The van der Waals surface area contributed by atoms with Gasteiger partial charge in [0.05, 0.1) is 0 Å². The first-order chi connectivity index (χ1) is 9.75. The van der Waals surface area contributed by atoms with E-state index in [1.807, 2.05) is 0 Å². The number of benzene rings is 2. The Bertz CT molecular complexity index is 481. The Morgan fingerprint density at radius 3 is 2.10 bits per heavy atom. The first-order valence-electron chi connectivity index (χ1n) is 7.22. The van der Waals surface area contributed by atoms with Crippen molar-refractivity contribution in [2.75, 3.05) is 6.54 Å². The van der Waals surface area contributed by atoms with Gasteiger partial charge in [0.25, 0.3) is 0 Å².